The summed E-state index contributed by atoms with van der Waals surface area (Å²) in [5.41, 5.74) is 1.06. The van der Waals surface area contributed by atoms with Crippen molar-refractivity contribution < 1.29 is 23.0 Å². The van der Waals surface area contributed by atoms with Crippen LogP contribution in [0.2, 0.25) is 0 Å². The zero-order chi connectivity index (χ0) is 21.2. The Labute approximate surface area is 175 Å². The van der Waals surface area contributed by atoms with Gasteiger partial charge in [0, 0.05) is 18.9 Å². The first-order valence-corrected chi connectivity index (χ1v) is 12.2. The number of benzene rings is 1. The molecule has 3 rings (SSSR count). The van der Waals surface area contributed by atoms with Crippen LogP contribution in [0.4, 0.5) is 0 Å². The second-order valence-electron chi connectivity index (χ2n) is 8.53. The predicted octanol–water partition coefficient (Wildman–Crippen LogP) is 3.76. The SMILES string of the molecule is C=C1C(C)C[C@H](CC)O[C@@H]1C[C@@H]1OCCC1C(C(C)O)S(=O)(=O)c1ccccc1. The summed E-state index contributed by atoms with van der Waals surface area (Å²) in [5.74, 6) is 0.0908. The van der Waals surface area contributed by atoms with Gasteiger partial charge in [-0.3, -0.25) is 0 Å². The fourth-order valence-electron chi connectivity index (χ4n) is 4.82. The summed E-state index contributed by atoms with van der Waals surface area (Å²) in [4.78, 5) is 0.245. The van der Waals surface area contributed by atoms with E-state index in [-0.39, 0.29) is 29.1 Å². The minimum atomic E-state index is -3.69. The van der Waals surface area contributed by atoms with Gasteiger partial charge in [0.2, 0.25) is 0 Å². The van der Waals surface area contributed by atoms with Crippen molar-refractivity contribution >= 4 is 9.84 Å². The van der Waals surface area contributed by atoms with Crippen LogP contribution in [-0.4, -0.2) is 49.8 Å². The Morgan fingerprint density at radius 1 is 1.28 bits per heavy atom. The van der Waals surface area contributed by atoms with E-state index in [9.17, 15) is 13.5 Å². The molecule has 7 atom stereocenters. The summed E-state index contributed by atoms with van der Waals surface area (Å²) in [6.07, 6.45) is 1.89. The first-order chi connectivity index (χ1) is 13.8. The Bertz CT molecular complexity index is 789. The van der Waals surface area contributed by atoms with E-state index in [2.05, 4.69) is 20.4 Å². The number of aliphatic hydroxyl groups excluding tert-OH is 1. The Morgan fingerprint density at radius 2 is 1.97 bits per heavy atom. The van der Waals surface area contributed by atoms with Crippen molar-refractivity contribution in [2.24, 2.45) is 11.8 Å². The summed E-state index contributed by atoms with van der Waals surface area (Å²) in [5, 5.41) is 9.58. The molecule has 0 radical (unpaired) electrons. The molecule has 1 aromatic carbocycles. The molecule has 2 aliphatic heterocycles. The van der Waals surface area contributed by atoms with Crippen LogP contribution in [0.1, 0.15) is 46.5 Å². The van der Waals surface area contributed by atoms with Gasteiger partial charge >= 0.3 is 0 Å². The number of rotatable bonds is 7. The molecule has 2 saturated heterocycles. The van der Waals surface area contributed by atoms with E-state index in [1.165, 1.54) is 0 Å². The first-order valence-electron chi connectivity index (χ1n) is 10.7. The number of aliphatic hydroxyl groups is 1. The van der Waals surface area contributed by atoms with Gasteiger partial charge in [0.1, 0.15) is 0 Å². The molecule has 6 heteroatoms. The number of hydrogen-bond donors (Lipinski definition) is 1. The van der Waals surface area contributed by atoms with Crippen LogP contribution in [0.5, 0.6) is 0 Å². The molecule has 162 valence electrons. The molecule has 2 heterocycles. The second-order valence-corrected chi connectivity index (χ2v) is 10.6. The molecule has 29 heavy (non-hydrogen) atoms. The summed E-state index contributed by atoms with van der Waals surface area (Å²) in [7, 11) is -3.69. The lowest BCUT2D eigenvalue weighted by atomic mass is 9.83. The van der Waals surface area contributed by atoms with Crippen molar-refractivity contribution in [2.45, 2.75) is 81.0 Å². The van der Waals surface area contributed by atoms with E-state index in [4.69, 9.17) is 9.47 Å². The van der Waals surface area contributed by atoms with E-state index in [0.29, 0.717) is 25.4 Å². The smallest absolute Gasteiger partial charge is 0.184 e. The molecule has 2 aliphatic rings. The van der Waals surface area contributed by atoms with Gasteiger partial charge in [0.15, 0.2) is 9.84 Å². The Morgan fingerprint density at radius 3 is 2.59 bits per heavy atom. The molecule has 1 aromatic rings. The van der Waals surface area contributed by atoms with Crippen LogP contribution in [0.25, 0.3) is 0 Å². The lowest BCUT2D eigenvalue weighted by Gasteiger charge is -2.38. The second kappa shape index (κ2) is 9.29. The minimum absolute atomic E-state index is 0.136. The topological polar surface area (TPSA) is 72.8 Å². The molecular formula is C23H34O5S. The molecule has 0 bridgehead atoms. The van der Waals surface area contributed by atoms with Crippen LogP contribution < -0.4 is 0 Å². The third kappa shape index (κ3) is 4.76. The van der Waals surface area contributed by atoms with Crippen molar-refractivity contribution in [3.8, 4) is 0 Å². The van der Waals surface area contributed by atoms with Gasteiger partial charge in [0.25, 0.3) is 0 Å². The van der Waals surface area contributed by atoms with Crippen molar-refractivity contribution in [2.75, 3.05) is 6.61 Å². The Kier molecular flexibility index (Phi) is 7.20. The van der Waals surface area contributed by atoms with Crippen LogP contribution in [0.15, 0.2) is 47.4 Å². The van der Waals surface area contributed by atoms with Crippen LogP contribution >= 0.6 is 0 Å². The molecule has 1 N–H and O–H groups in total. The Hall–Kier alpha value is -1.21. The van der Waals surface area contributed by atoms with Gasteiger partial charge < -0.3 is 14.6 Å². The van der Waals surface area contributed by atoms with E-state index >= 15 is 0 Å². The molecule has 0 amide bonds. The van der Waals surface area contributed by atoms with Crippen molar-refractivity contribution in [3.63, 3.8) is 0 Å². The van der Waals surface area contributed by atoms with Gasteiger partial charge in [-0.15, -0.1) is 0 Å². The van der Waals surface area contributed by atoms with Gasteiger partial charge in [-0.25, -0.2) is 8.42 Å². The van der Waals surface area contributed by atoms with Gasteiger partial charge in [-0.05, 0) is 49.8 Å². The van der Waals surface area contributed by atoms with Crippen LogP contribution in [0, 0.1) is 11.8 Å². The maximum atomic E-state index is 13.3. The fourth-order valence-corrected chi connectivity index (χ4v) is 6.96. The average Bonchev–Trinajstić information content (AvgIpc) is 3.12. The molecule has 4 unspecified atom stereocenters. The maximum Gasteiger partial charge on any atom is 0.184 e. The lowest BCUT2D eigenvalue weighted by molar-refractivity contribution is -0.0610. The molecule has 0 aliphatic carbocycles. The highest BCUT2D eigenvalue weighted by atomic mass is 32.2. The first kappa shape index (κ1) is 22.5. The Balaban J connectivity index is 1.83. The average molecular weight is 423 g/mol. The zero-order valence-electron chi connectivity index (χ0n) is 17.7. The quantitative estimate of drug-likeness (QED) is 0.677. The third-order valence-electron chi connectivity index (χ3n) is 6.51. The third-order valence-corrected chi connectivity index (χ3v) is 8.90. The minimum Gasteiger partial charge on any atom is -0.392 e. The largest absolute Gasteiger partial charge is 0.392 e. The van der Waals surface area contributed by atoms with E-state index in [0.717, 1.165) is 18.4 Å². The summed E-state index contributed by atoms with van der Waals surface area (Å²) >= 11 is 0. The highest BCUT2D eigenvalue weighted by molar-refractivity contribution is 7.92. The molecule has 0 saturated carbocycles. The normalized spacial score (nSPS) is 32.8. The van der Waals surface area contributed by atoms with Crippen molar-refractivity contribution in [3.05, 3.63) is 42.5 Å². The van der Waals surface area contributed by atoms with Gasteiger partial charge in [0.05, 0.1) is 34.6 Å². The van der Waals surface area contributed by atoms with Gasteiger partial charge in [-0.1, -0.05) is 38.6 Å². The standard InChI is InChI=1S/C23H34O5S/c1-5-18-13-15(2)16(3)21(28-18)14-22-20(11-12-27-22)23(17(4)24)29(25,26)19-9-7-6-8-10-19/h6-10,15,17-18,20-24H,3,5,11-14H2,1-2,4H3/t15?,17?,18-,20?,21+,22-,23?/m0/s1. The summed E-state index contributed by atoms with van der Waals surface area (Å²) in [6.45, 7) is 10.6. The highest BCUT2D eigenvalue weighted by Gasteiger charge is 2.46. The molecule has 2 fully saturated rings. The molecule has 5 nitrogen and oxygen atoms in total. The summed E-state index contributed by atoms with van der Waals surface area (Å²) in [6, 6.07) is 8.39. The highest BCUT2D eigenvalue weighted by Crippen LogP contribution is 2.39. The number of hydrogen-bond acceptors (Lipinski definition) is 5. The number of ether oxygens (including phenoxy) is 2. The summed E-state index contributed by atoms with van der Waals surface area (Å²) < 4.78 is 38.9. The van der Waals surface area contributed by atoms with E-state index in [1.807, 2.05) is 0 Å². The lowest BCUT2D eigenvalue weighted by Crippen LogP contribution is -2.44. The maximum absolute atomic E-state index is 13.3. The predicted molar refractivity (Wildman–Crippen MR) is 113 cm³/mol. The van der Waals surface area contributed by atoms with Crippen molar-refractivity contribution in [1.82, 2.24) is 0 Å². The molecule has 0 spiro atoms. The monoisotopic (exact) mass is 422 g/mol. The number of sulfone groups is 1. The van der Waals surface area contributed by atoms with Crippen LogP contribution in [0.3, 0.4) is 0 Å². The van der Waals surface area contributed by atoms with Gasteiger partial charge in [-0.2, -0.15) is 0 Å². The molecule has 0 aromatic heterocycles. The van der Waals surface area contributed by atoms with Crippen molar-refractivity contribution in [1.29, 1.82) is 0 Å². The molecular weight excluding hydrogens is 388 g/mol. The van der Waals surface area contributed by atoms with E-state index in [1.54, 1.807) is 37.3 Å². The van der Waals surface area contributed by atoms with E-state index < -0.39 is 21.2 Å². The van der Waals surface area contributed by atoms with Crippen LogP contribution in [-0.2, 0) is 19.3 Å². The zero-order valence-corrected chi connectivity index (χ0v) is 18.5. The fraction of sp³-hybridized carbons (Fsp3) is 0.652.